The van der Waals surface area contributed by atoms with E-state index in [4.69, 9.17) is 0 Å². The van der Waals surface area contributed by atoms with Gasteiger partial charge in [-0.15, -0.1) is 0 Å². The minimum Gasteiger partial charge on any atom is -0.385 e. The quantitative estimate of drug-likeness (QED) is 0.659. The second-order valence-corrected chi connectivity index (χ2v) is 5.59. The van der Waals surface area contributed by atoms with Crippen molar-refractivity contribution >= 4 is 28.3 Å². The Morgan fingerprint density at radius 1 is 1.25 bits per heavy atom. The highest BCUT2D eigenvalue weighted by Gasteiger charge is 2.09. The molecule has 16 heavy (non-hydrogen) atoms. The molecule has 0 atom stereocenters. The molecule has 1 saturated heterocycles. The molecule has 1 aliphatic rings. The number of nitrogens with zero attached hydrogens (tertiary/aromatic N) is 1. The zero-order chi connectivity index (χ0) is 11.2. The molecule has 3 heteroatoms. The van der Waals surface area contributed by atoms with Crippen LogP contribution in [-0.4, -0.2) is 31.1 Å². The number of hydrogen-bond donors (Lipinski definition) is 1. The van der Waals surface area contributed by atoms with Crippen LogP contribution in [0.5, 0.6) is 0 Å². The van der Waals surface area contributed by atoms with E-state index in [9.17, 15) is 0 Å². The predicted molar refractivity (Wildman–Crippen MR) is 77.9 cm³/mol. The minimum absolute atomic E-state index is 1.08. The fourth-order valence-corrected chi connectivity index (χ4v) is 2.68. The Labute approximate surface area is 112 Å². The van der Waals surface area contributed by atoms with E-state index in [2.05, 4.69) is 57.1 Å². The van der Waals surface area contributed by atoms with Crippen LogP contribution in [0.15, 0.2) is 24.3 Å². The van der Waals surface area contributed by atoms with Crippen molar-refractivity contribution < 1.29 is 0 Å². The van der Waals surface area contributed by atoms with Crippen LogP contribution in [0.3, 0.4) is 0 Å². The summed E-state index contributed by atoms with van der Waals surface area (Å²) in [5.41, 5.74) is 1.24. The molecule has 1 aromatic rings. The average molecular weight is 330 g/mol. The molecule has 0 aliphatic carbocycles. The van der Waals surface area contributed by atoms with Crippen molar-refractivity contribution in [3.63, 3.8) is 0 Å². The van der Waals surface area contributed by atoms with Crippen LogP contribution >= 0.6 is 22.6 Å². The van der Waals surface area contributed by atoms with Gasteiger partial charge in [-0.25, -0.2) is 0 Å². The first-order valence-electron chi connectivity index (χ1n) is 6.06. The van der Waals surface area contributed by atoms with E-state index in [-0.39, 0.29) is 0 Å². The van der Waals surface area contributed by atoms with Gasteiger partial charge in [-0.3, -0.25) is 0 Å². The van der Waals surface area contributed by atoms with E-state index in [0.717, 1.165) is 6.54 Å². The van der Waals surface area contributed by atoms with Crippen LogP contribution in [0.4, 0.5) is 5.69 Å². The van der Waals surface area contributed by atoms with Crippen molar-refractivity contribution in [3.05, 3.63) is 27.8 Å². The van der Waals surface area contributed by atoms with Crippen LogP contribution in [0, 0.1) is 3.57 Å². The summed E-state index contributed by atoms with van der Waals surface area (Å²) in [5, 5.41) is 3.48. The molecular weight excluding hydrogens is 311 g/mol. The molecule has 1 N–H and O–H groups in total. The second kappa shape index (κ2) is 6.45. The Bertz CT molecular complexity index is 321. The molecule has 0 aromatic heterocycles. The van der Waals surface area contributed by atoms with Gasteiger partial charge in [0.15, 0.2) is 0 Å². The normalized spacial score (nSPS) is 16.6. The highest BCUT2D eigenvalue weighted by atomic mass is 127. The zero-order valence-corrected chi connectivity index (χ0v) is 11.7. The van der Waals surface area contributed by atoms with E-state index in [1.807, 2.05) is 0 Å². The average Bonchev–Trinajstić information content (AvgIpc) is 2.77. The van der Waals surface area contributed by atoms with Crippen LogP contribution < -0.4 is 5.32 Å². The molecule has 1 aromatic carbocycles. The molecule has 0 bridgehead atoms. The molecule has 2 nitrogen and oxygen atoms in total. The third kappa shape index (κ3) is 3.94. The number of hydrogen-bond acceptors (Lipinski definition) is 2. The van der Waals surface area contributed by atoms with Gasteiger partial charge < -0.3 is 10.2 Å². The Balaban J connectivity index is 1.64. The molecule has 1 heterocycles. The van der Waals surface area contributed by atoms with Crippen molar-refractivity contribution in [2.24, 2.45) is 0 Å². The fourth-order valence-electron chi connectivity index (χ4n) is 2.14. The van der Waals surface area contributed by atoms with Crippen molar-refractivity contribution in [1.82, 2.24) is 4.90 Å². The Kier molecular flexibility index (Phi) is 4.91. The zero-order valence-electron chi connectivity index (χ0n) is 9.58. The highest BCUT2D eigenvalue weighted by molar-refractivity contribution is 14.1. The lowest BCUT2D eigenvalue weighted by Gasteiger charge is -2.14. The van der Waals surface area contributed by atoms with Gasteiger partial charge in [0.2, 0.25) is 0 Å². The molecule has 0 amide bonds. The van der Waals surface area contributed by atoms with Crippen molar-refractivity contribution in [2.45, 2.75) is 19.3 Å². The Morgan fingerprint density at radius 2 is 2.06 bits per heavy atom. The van der Waals surface area contributed by atoms with Crippen molar-refractivity contribution in [1.29, 1.82) is 0 Å². The van der Waals surface area contributed by atoms with Crippen LogP contribution in [0.2, 0.25) is 0 Å². The number of nitrogens with one attached hydrogen (secondary N) is 1. The van der Waals surface area contributed by atoms with E-state index >= 15 is 0 Å². The third-order valence-electron chi connectivity index (χ3n) is 3.00. The summed E-state index contributed by atoms with van der Waals surface area (Å²) in [6, 6.07) is 8.55. The monoisotopic (exact) mass is 330 g/mol. The lowest BCUT2D eigenvalue weighted by atomic mass is 10.3. The van der Waals surface area contributed by atoms with Gasteiger partial charge in [-0.2, -0.15) is 0 Å². The summed E-state index contributed by atoms with van der Waals surface area (Å²) in [7, 11) is 0. The summed E-state index contributed by atoms with van der Waals surface area (Å²) in [5.74, 6) is 0. The topological polar surface area (TPSA) is 15.3 Å². The highest BCUT2D eigenvalue weighted by Crippen LogP contribution is 2.12. The van der Waals surface area contributed by atoms with E-state index in [1.54, 1.807) is 0 Å². The van der Waals surface area contributed by atoms with Crippen LogP contribution in [0.1, 0.15) is 19.3 Å². The lowest BCUT2D eigenvalue weighted by Crippen LogP contribution is -2.22. The molecule has 0 spiro atoms. The van der Waals surface area contributed by atoms with Gasteiger partial charge in [0.1, 0.15) is 0 Å². The van der Waals surface area contributed by atoms with Gasteiger partial charge >= 0.3 is 0 Å². The van der Waals surface area contributed by atoms with Crippen molar-refractivity contribution in [2.75, 3.05) is 31.5 Å². The smallest absolute Gasteiger partial charge is 0.0350 e. The maximum absolute atomic E-state index is 3.48. The van der Waals surface area contributed by atoms with Gasteiger partial charge in [0.25, 0.3) is 0 Å². The Hall–Kier alpha value is -0.290. The second-order valence-electron chi connectivity index (χ2n) is 4.34. The first-order valence-corrected chi connectivity index (χ1v) is 7.14. The number of benzene rings is 1. The number of likely N-dealkylation sites (tertiary alicyclic amines) is 1. The summed E-state index contributed by atoms with van der Waals surface area (Å²) in [6.07, 6.45) is 4.03. The molecule has 1 aliphatic heterocycles. The standard InChI is InChI=1S/C13H19IN2/c14-12-5-3-6-13(11-12)15-7-4-10-16-8-1-2-9-16/h3,5-6,11,15H,1-2,4,7-10H2. The molecule has 1 fully saturated rings. The SMILES string of the molecule is Ic1cccc(NCCCN2CCCC2)c1. The van der Waals surface area contributed by atoms with Gasteiger partial charge in [-0.1, -0.05) is 6.07 Å². The van der Waals surface area contributed by atoms with Gasteiger partial charge in [-0.05, 0) is 79.7 Å². The van der Waals surface area contributed by atoms with Crippen LogP contribution in [-0.2, 0) is 0 Å². The van der Waals surface area contributed by atoms with Gasteiger partial charge in [0.05, 0.1) is 0 Å². The lowest BCUT2D eigenvalue weighted by molar-refractivity contribution is 0.337. The molecule has 0 saturated carbocycles. The van der Waals surface area contributed by atoms with Gasteiger partial charge in [0, 0.05) is 15.8 Å². The van der Waals surface area contributed by atoms with Crippen molar-refractivity contribution in [3.8, 4) is 0 Å². The fraction of sp³-hybridized carbons (Fsp3) is 0.538. The summed E-state index contributed by atoms with van der Waals surface area (Å²) >= 11 is 2.35. The molecule has 0 unspecified atom stereocenters. The van der Waals surface area contributed by atoms with E-state index in [0.29, 0.717) is 0 Å². The van der Waals surface area contributed by atoms with E-state index in [1.165, 1.54) is 48.2 Å². The molecule has 0 radical (unpaired) electrons. The molecular formula is C13H19IN2. The number of rotatable bonds is 5. The number of halogens is 1. The summed E-state index contributed by atoms with van der Waals surface area (Å²) < 4.78 is 1.29. The van der Waals surface area contributed by atoms with Crippen LogP contribution in [0.25, 0.3) is 0 Å². The largest absolute Gasteiger partial charge is 0.385 e. The predicted octanol–water partition coefficient (Wildman–Crippen LogP) is 3.19. The minimum atomic E-state index is 1.08. The molecule has 88 valence electrons. The third-order valence-corrected chi connectivity index (χ3v) is 3.67. The summed E-state index contributed by atoms with van der Waals surface area (Å²) in [4.78, 5) is 2.57. The first kappa shape index (κ1) is 12.2. The number of anilines is 1. The summed E-state index contributed by atoms with van der Waals surface area (Å²) in [6.45, 7) is 4.94. The maximum Gasteiger partial charge on any atom is 0.0350 e. The first-order chi connectivity index (χ1) is 7.84. The maximum atomic E-state index is 3.48. The van der Waals surface area contributed by atoms with E-state index < -0.39 is 0 Å². The molecule has 2 rings (SSSR count). The Morgan fingerprint density at radius 3 is 2.81 bits per heavy atom.